The highest BCUT2D eigenvalue weighted by Gasteiger charge is 2.17. The Kier molecular flexibility index (Phi) is 13.8. The second-order valence-electron chi connectivity index (χ2n) is 5.62. The molecule has 1 saturated heterocycles. The standard InChI is InChI=1S/C15H32N2O.C2H6/c1-4-6-12-18-13-11-16-7-9-17(10-8-16)14-15(3)5-2;1-2/h15H,4-14H2,1-3H3;1-2H3. The number of nitrogens with zero attached hydrogens (tertiary/aromatic N) is 2. The maximum atomic E-state index is 5.63. The number of rotatable bonds is 9. The van der Waals surface area contributed by atoms with Crippen LogP contribution in [0.4, 0.5) is 0 Å². The average Bonchev–Trinajstić information content (AvgIpc) is 2.50. The number of unbranched alkanes of at least 4 members (excludes halogenated alkanes) is 1. The molecule has 20 heavy (non-hydrogen) atoms. The Labute approximate surface area is 127 Å². The van der Waals surface area contributed by atoms with E-state index in [0.29, 0.717) is 0 Å². The summed E-state index contributed by atoms with van der Waals surface area (Å²) in [5, 5.41) is 0. The molecule has 0 radical (unpaired) electrons. The van der Waals surface area contributed by atoms with Crippen LogP contribution in [0, 0.1) is 5.92 Å². The zero-order chi connectivity index (χ0) is 15.2. The fourth-order valence-corrected chi connectivity index (χ4v) is 2.31. The minimum absolute atomic E-state index is 0.842. The molecule has 122 valence electrons. The van der Waals surface area contributed by atoms with Crippen molar-refractivity contribution in [2.45, 2.75) is 53.9 Å². The summed E-state index contributed by atoms with van der Waals surface area (Å²) < 4.78 is 5.63. The van der Waals surface area contributed by atoms with Crippen LogP contribution in [0.5, 0.6) is 0 Å². The van der Waals surface area contributed by atoms with Crippen LogP contribution in [0.25, 0.3) is 0 Å². The van der Waals surface area contributed by atoms with Gasteiger partial charge < -0.3 is 9.64 Å². The van der Waals surface area contributed by atoms with Crippen molar-refractivity contribution in [3.8, 4) is 0 Å². The van der Waals surface area contributed by atoms with Crippen LogP contribution in [0.2, 0.25) is 0 Å². The van der Waals surface area contributed by atoms with E-state index in [4.69, 9.17) is 4.74 Å². The quantitative estimate of drug-likeness (QED) is 0.603. The van der Waals surface area contributed by atoms with Crippen LogP contribution >= 0.6 is 0 Å². The van der Waals surface area contributed by atoms with Crippen LogP contribution in [0.1, 0.15) is 53.9 Å². The van der Waals surface area contributed by atoms with E-state index in [1.54, 1.807) is 0 Å². The summed E-state index contributed by atoms with van der Waals surface area (Å²) >= 11 is 0. The molecule has 0 aromatic heterocycles. The average molecular weight is 287 g/mol. The molecule has 0 aromatic rings. The summed E-state index contributed by atoms with van der Waals surface area (Å²) in [6.07, 6.45) is 3.72. The fourth-order valence-electron chi connectivity index (χ4n) is 2.31. The van der Waals surface area contributed by atoms with E-state index in [0.717, 1.165) is 25.7 Å². The molecule has 0 saturated carbocycles. The largest absolute Gasteiger partial charge is 0.380 e. The highest BCUT2D eigenvalue weighted by atomic mass is 16.5. The second kappa shape index (κ2) is 13.8. The van der Waals surface area contributed by atoms with Crippen molar-refractivity contribution in [2.75, 3.05) is 52.5 Å². The third-order valence-corrected chi connectivity index (χ3v) is 3.93. The first-order valence-corrected chi connectivity index (χ1v) is 8.78. The molecule has 0 spiro atoms. The maximum Gasteiger partial charge on any atom is 0.0593 e. The van der Waals surface area contributed by atoms with Crippen LogP contribution < -0.4 is 0 Å². The van der Waals surface area contributed by atoms with E-state index in [9.17, 15) is 0 Å². The van der Waals surface area contributed by atoms with Gasteiger partial charge >= 0.3 is 0 Å². The predicted octanol–water partition coefficient (Wildman–Crippen LogP) is 3.49. The summed E-state index contributed by atoms with van der Waals surface area (Å²) in [6, 6.07) is 0. The minimum atomic E-state index is 0.842. The Hall–Kier alpha value is -0.120. The zero-order valence-corrected chi connectivity index (χ0v) is 14.7. The molecule has 0 aliphatic carbocycles. The number of hydrogen-bond donors (Lipinski definition) is 0. The first-order valence-electron chi connectivity index (χ1n) is 8.78. The van der Waals surface area contributed by atoms with Crippen LogP contribution in [-0.2, 0) is 4.74 Å². The fraction of sp³-hybridized carbons (Fsp3) is 1.00. The van der Waals surface area contributed by atoms with E-state index >= 15 is 0 Å². The summed E-state index contributed by atoms with van der Waals surface area (Å²) in [6.45, 7) is 20.0. The van der Waals surface area contributed by atoms with Crippen molar-refractivity contribution in [1.82, 2.24) is 9.80 Å². The van der Waals surface area contributed by atoms with E-state index in [1.165, 1.54) is 52.0 Å². The molecule has 3 nitrogen and oxygen atoms in total. The van der Waals surface area contributed by atoms with Crippen LogP contribution in [0.15, 0.2) is 0 Å². The monoisotopic (exact) mass is 286 g/mol. The van der Waals surface area contributed by atoms with E-state index in [2.05, 4.69) is 30.6 Å². The van der Waals surface area contributed by atoms with Crippen LogP contribution in [0.3, 0.4) is 0 Å². The molecule has 1 fully saturated rings. The Bertz CT molecular complexity index is 191. The topological polar surface area (TPSA) is 15.7 Å². The molecule has 1 atom stereocenters. The van der Waals surface area contributed by atoms with Gasteiger partial charge in [0.05, 0.1) is 6.61 Å². The molecular weight excluding hydrogens is 248 g/mol. The van der Waals surface area contributed by atoms with Gasteiger partial charge in [-0.3, -0.25) is 4.90 Å². The number of ether oxygens (including phenoxy) is 1. The first kappa shape index (κ1) is 19.9. The van der Waals surface area contributed by atoms with Crippen molar-refractivity contribution in [3.63, 3.8) is 0 Å². The van der Waals surface area contributed by atoms with Gasteiger partial charge in [-0.2, -0.15) is 0 Å². The summed E-state index contributed by atoms with van der Waals surface area (Å²) in [5.74, 6) is 0.842. The molecule has 0 aromatic carbocycles. The molecule has 0 amide bonds. The van der Waals surface area contributed by atoms with E-state index < -0.39 is 0 Å². The predicted molar refractivity (Wildman–Crippen MR) is 89.4 cm³/mol. The van der Waals surface area contributed by atoms with Crippen LogP contribution in [-0.4, -0.2) is 62.3 Å². The van der Waals surface area contributed by atoms with Gasteiger partial charge in [-0.1, -0.05) is 47.5 Å². The Balaban J connectivity index is 0.00000172. The molecule has 3 heteroatoms. The lowest BCUT2D eigenvalue weighted by Crippen LogP contribution is -2.48. The normalized spacial score (nSPS) is 18.4. The smallest absolute Gasteiger partial charge is 0.0593 e. The lowest BCUT2D eigenvalue weighted by molar-refractivity contribution is 0.0704. The van der Waals surface area contributed by atoms with Gasteiger partial charge in [-0.15, -0.1) is 0 Å². The van der Waals surface area contributed by atoms with Gasteiger partial charge in [-0.25, -0.2) is 0 Å². The minimum Gasteiger partial charge on any atom is -0.380 e. The summed E-state index contributed by atoms with van der Waals surface area (Å²) in [4.78, 5) is 5.15. The molecular formula is C17H38N2O. The molecule has 1 aliphatic heterocycles. The van der Waals surface area contributed by atoms with Crippen molar-refractivity contribution in [2.24, 2.45) is 5.92 Å². The van der Waals surface area contributed by atoms with Gasteiger partial charge in [0.1, 0.15) is 0 Å². The van der Waals surface area contributed by atoms with Gasteiger partial charge in [0.25, 0.3) is 0 Å². The summed E-state index contributed by atoms with van der Waals surface area (Å²) in [5.41, 5.74) is 0. The van der Waals surface area contributed by atoms with Crippen molar-refractivity contribution in [3.05, 3.63) is 0 Å². The Morgan fingerprint density at radius 3 is 2.10 bits per heavy atom. The maximum absolute atomic E-state index is 5.63. The Morgan fingerprint density at radius 2 is 1.55 bits per heavy atom. The third kappa shape index (κ3) is 9.73. The molecule has 1 heterocycles. The van der Waals surface area contributed by atoms with Gasteiger partial charge in [0.15, 0.2) is 0 Å². The van der Waals surface area contributed by atoms with E-state index in [1.807, 2.05) is 13.8 Å². The third-order valence-electron chi connectivity index (χ3n) is 3.93. The van der Waals surface area contributed by atoms with Crippen molar-refractivity contribution >= 4 is 0 Å². The molecule has 1 rings (SSSR count). The number of piperazine rings is 1. The molecule has 0 N–H and O–H groups in total. The van der Waals surface area contributed by atoms with Gasteiger partial charge in [-0.05, 0) is 12.3 Å². The highest BCUT2D eigenvalue weighted by molar-refractivity contribution is 4.73. The highest BCUT2D eigenvalue weighted by Crippen LogP contribution is 2.07. The van der Waals surface area contributed by atoms with Crippen molar-refractivity contribution in [1.29, 1.82) is 0 Å². The Morgan fingerprint density at radius 1 is 0.950 bits per heavy atom. The lowest BCUT2D eigenvalue weighted by Gasteiger charge is -2.35. The number of hydrogen-bond acceptors (Lipinski definition) is 3. The molecule has 1 aliphatic rings. The molecule has 0 bridgehead atoms. The van der Waals surface area contributed by atoms with Crippen molar-refractivity contribution < 1.29 is 4.74 Å². The molecule has 1 unspecified atom stereocenters. The first-order chi connectivity index (χ1) is 9.76. The lowest BCUT2D eigenvalue weighted by atomic mass is 10.1. The van der Waals surface area contributed by atoms with Gasteiger partial charge in [0.2, 0.25) is 0 Å². The van der Waals surface area contributed by atoms with E-state index in [-0.39, 0.29) is 0 Å². The SMILES string of the molecule is CC.CCCCOCCN1CCN(CC(C)CC)CC1. The second-order valence-corrected chi connectivity index (χ2v) is 5.62. The van der Waals surface area contributed by atoms with Gasteiger partial charge in [0, 0.05) is 45.9 Å². The zero-order valence-electron chi connectivity index (χ0n) is 14.7. The summed E-state index contributed by atoms with van der Waals surface area (Å²) in [7, 11) is 0.